The van der Waals surface area contributed by atoms with Gasteiger partial charge in [-0.2, -0.15) is 0 Å². The normalized spacial score (nSPS) is 10.9. The molecule has 4 rings (SSSR count). The molecule has 9 nitrogen and oxygen atoms in total. The van der Waals surface area contributed by atoms with Crippen LogP contribution < -0.4 is 10.2 Å². The molecule has 2 N–H and O–H groups in total. The molecule has 140 valence electrons. The van der Waals surface area contributed by atoms with E-state index >= 15 is 0 Å². The van der Waals surface area contributed by atoms with Crippen LogP contribution in [0.4, 0.5) is 0 Å². The van der Waals surface area contributed by atoms with Crippen LogP contribution in [0.15, 0.2) is 59.7 Å². The van der Waals surface area contributed by atoms with E-state index in [0.717, 1.165) is 11.8 Å². The number of hydrogen-bond acceptors (Lipinski definition) is 6. The van der Waals surface area contributed by atoms with Crippen molar-refractivity contribution < 1.29 is 14.6 Å². The quantitative estimate of drug-likeness (QED) is 0.525. The van der Waals surface area contributed by atoms with Crippen LogP contribution in [-0.2, 0) is 13.2 Å². The Hall–Kier alpha value is -4.01. The fraction of sp³-hybridized carbons (Fsp3) is 0.105. The number of carboxylic acid groups (broad SMARTS) is 1. The Balaban J connectivity index is 1.49. The first-order chi connectivity index (χ1) is 13.6. The molecule has 28 heavy (non-hydrogen) atoms. The highest BCUT2D eigenvalue weighted by Crippen LogP contribution is 2.14. The average Bonchev–Trinajstić information content (AvgIpc) is 3.14. The SMILES string of the molecule is O=C(O)c1c[nH]c2ccc(OCc3cn(Cc4ccccc4)nn3)nc2c1=O. The van der Waals surface area contributed by atoms with Crippen LogP contribution in [-0.4, -0.2) is 36.0 Å². The second kappa shape index (κ2) is 7.31. The van der Waals surface area contributed by atoms with Gasteiger partial charge in [-0.3, -0.25) is 4.79 Å². The van der Waals surface area contributed by atoms with Gasteiger partial charge in [0.25, 0.3) is 0 Å². The van der Waals surface area contributed by atoms with E-state index in [9.17, 15) is 9.59 Å². The van der Waals surface area contributed by atoms with Crippen LogP contribution in [0.25, 0.3) is 11.0 Å². The number of aromatic carboxylic acids is 1. The number of carbonyl (C=O) groups is 1. The molecule has 0 spiro atoms. The first-order valence-corrected chi connectivity index (χ1v) is 8.41. The zero-order chi connectivity index (χ0) is 19.5. The number of benzene rings is 1. The predicted molar refractivity (Wildman–Crippen MR) is 99.2 cm³/mol. The average molecular weight is 377 g/mol. The van der Waals surface area contributed by atoms with Crippen LogP contribution in [0.3, 0.4) is 0 Å². The van der Waals surface area contributed by atoms with Crippen LogP contribution in [0, 0.1) is 0 Å². The van der Waals surface area contributed by atoms with Crippen molar-refractivity contribution >= 4 is 17.0 Å². The van der Waals surface area contributed by atoms with E-state index in [1.54, 1.807) is 23.0 Å². The molecular formula is C19H15N5O4. The van der Waals surface area contributed by atoms with E-state index in [0.29, 0.717) is 17.8 Å². The summed E-state index contributed by atoms with van der Waals surface area (Å²) in [6.45, 7) is 0.708. The molecule has 0 aliphatic heterocycles. The van der Waals surface area contributed by atoms with Gasteiger partial charge in [0.2, 0.25) is 11.3 Å². The zero-order valence-corrected chi connectivity index (χ0v) is 14.6. The Morgan fingerprint density at radius 2 is 2.00 bits per heavy atom. The number of hydrogen-bond donors (Lipinski definition) is 2. The van der Waals surface area contributed by atoms with Crippen LogP contribution >= 0.6 is 0 Å². The minimum absolute atomic E-state index is 0.00475. The van der Waals surface area contributed by atoms with Crippen molar-refractivity contribution in [1.82, 2.24) is 25.0 Å². The molecule has 0 amide bonds. The molecule has 3 heterocycles. The van der Waals surface area contributed by atoms with Gasteiger partial charge in [0.05, 0.1) is 18.3 Å². The summed E-state index contributed by atoms with van der Waals surface area (Å²) < 4.78 is 7.29. The fourth-order valence-electron chi connectivity index (χ4n) is 2.71. The Bertz CT molecular complexity index is 1200. The topological polar surface area (TPSA) is 123 Å². The van der Waals surface area contributed by atoms with Gasteiger partial charge < -0.3 is 14.8 Å². The molecule has 0 aliphatic rings. The summed E-state index contributed by atoms with van der Waals surface area (Å²) >= 11 is 0. The Morgan fingerprint density at radius 3 is 2.79 bits per heavy atom. The molecule has 9 heteroatoms. The molecule has 0 aliphatic carbocycles. The van der Waals surface area contributed by atoms with Gasteiger partial charge in [-0.25, -0.2) is 14.5 Å². The van der Waals surface area contributed by atoms with Crippen molar-refractivity contribution in [3.05, 3.63) is 81.9 Å². The molecule has 0 fully saturated rings. The molecule has 3 aromatic heterocycles. The number of H-pyrrole nitrogens is 1. The first kappa shape index (κ1) is 17.4. The van der Waals surface area contributed by atoms with Gasteiger partial charge >= 0.3 is 5.97 Å². The van der Waals surface area contributed by atoms with Crippen LogP contribution in [0.2, 0.25) is 0 Å². The third-order valence-corrected chi connectivity index (χ3v) is 4.07. The Labute approximate surface area is 158 Å². The van der Waals surface area contributed by atoms with E-state index in [2.05, 4.69) is 20.3 Å². The monoisotopic (exact) mass is 377 g/mol. The smallest absolute Gasteiger partial charge is 0.341 e. The summed E-state index contributed by atoms with van der Waals surface area (Å²) in [5.74, 6) is -1.12. The summed E-state index contributed by atoms with van der Waals surface area (Å²) in [5.41, 5.74) is 1.10. The molecule has 0 saturated heterocycles. The highest BCUT2D eigenvalue weighted by atomic mass is 16.5. The summed E-state index contributed by atoms with van der Waals surface area (Å²) in [4.78, 5) is 30.2. The van der Waals surface area contributed by atoms with E-state index < -0.39 is 11.4 Å². The molecule has 0 atom stereocenters. The number of pyridine rings is 2. The zero-order valence-electron chi connectivity index (χ0n) is 14.6. The maximum Gasteiger partial charge on any atom is 0.341 e. The van der Waals surface area contributed by atoms with Crippen molar-refractivity contribution in [2.24, 2.45) is 0 Å². The molecule has 0 radical (unpaired) electrons. The highest BCUT2D eigenvalue weighted by Gasteiger charge is 2.13. The summed E-state index contributed by atoms with van der Waals surface area (Å²) in [6, 6.07) is 13.1. The van der Waals surface area contributed by atoms with Gasteiger partial charge in [0.15, 0.2) is 0 Å². The molecule has 0 saturated carbocycles. The number of rotatable bonds is 6. The molecule has 1 aromatic carbocycles. The first-order valence-electron chi connectivity index (χ1n) is 8.41. The van der Waals surface area contributed by atoms with E-state index in [-0.39, 0.29) is 23.6 Å². The minimum Gasteiger partial charge on any atom is -0.477 e. The maximum atomic E-state index is 12.2. The highest BCUT2D eigenvalue weighted by molar-refractivity contribution is 5.91. The molecular weight excluding hydrogens is 362 g/mol. The number of fused-ring (bicyclic) bond motifs is 1. The van der Waals surface area contributed by atoms with Crippen molar-refractivity contribution in [3.8, 4) is 5.88 Å². The second-order valence-corrected chi connectivity index (χ2v) is 6.06. The summed E-state index contributed by atoms with van der Waals surface area (Å²) in [6.07, 6.45) is 2.92. The number of nitrogens with one attached hydrogen (secondary N) is 1. The van der Waals surface area contributed by atoms with E-state index in [1.807, 2.05) is 30.3 Å². The van der Waals surface area contributed by atoms with Gasteiger partial charge in [0, 0.05) is 12.3 Å². The molecule has 0 unspecified atom stereocenters. The van der Waals surface area contributed by atoms with Gasteiger partial charge in [0.1, 0.15) is 23.4 Å². The van der Waals surface area contributed by atoms with E-state index in [4.69, 9.17) is 9.84 Å². The van der Waals surface area contributed by atoms with Crippen molar-refractivity contribution in [2.75, 3.05) is 0 Å². The number of aromatic amines is 1. The number of carboxylic acids is 1. The third kappa shape index (κ3) is 3.58. The number of nitrogens with zero attached hydrogens (tertiary/aromatic N) is 4. The van der Waals surface area contributed by atoms with Crippen molar-refractivity contribution in [3.63, 3.8) is 0 Å². The van der Waals surface area contributed by atoms with Crippen LogP contribution in [0.1, 0.15) is 21.6 Å². The van der Waals surface area contributed by atoms with Gasteiger partial charge in [-0.05, 0) is 11.6 Å². The van der Waals surface area contributed by atoms with Crippen LogP contribution in [0.5, 0.6) is 5.88 Å². The van der Waals surface area contributed by atoms with Crippen molar-refractivity contribution in [2.45, 2.75) is 13.2 Å². The predicted octanol–water partition coefficient (Wildman–Crippen LogP) is 1.84. The van der Waals surface area contributed by atoms with E-state index in [1.165, 1.54) is 0 Å². The molecule has 4 aromatic rings. The number of aromatic nitrogens is 5. The largest absolute Gasteiger partial charge is 0.477 e. The van der Waals surface area contributed by atoms with Gasteiger partial charge in [-0.15, -0.1) is 5.10 Å². The summed E-state index contributed by atoms with van der Waals surface area (Å²) in [5, 5.41) is 17.2. The lowest BCUT2D eigenvalue weighted by Crippen LogP contribution is -2.16. The second-order valence-electron chi connectivity index (χ2n) is 6.06. The minimum atomic E-state index is -1.31. The fourth-order valence-corrected chi connectivity index (χ4v) is 2.71. The molecule has 0 bridgehead atoms. The lowest BCUT2D eigenvalue weighted by Gasteiger charge is -2.05. The standard InChI is InChI=1S/C19H15N5O4/c25-18-14(19(26)27)8-20-15-6-7-16(21-17(15)18)28-11-13-10-24(23-22-13)9-12-4-2-1-3-5-12/h1-8,10H,9,11H2,(H,20,25)(H,26,27). The van der Waals surface area contributed by atoms with Crippen molar-refractivity contribution in [1.29, 1.82) is 0 Å². The number of ether oxygens (including phenoxy) is 1. The van der Waals surface area contributed by atoms with Gasteiger partial charge in [-0.1, -0.05) is 35.5 Å². The maximum absolute atomic E-state index is 12.2. The lowest BCUT2D eigenvalue weighted by molar-refractivity contribution is 0.0695. The summed E-state index contributed by atoms with van der Waals surface area (Å²) in [7, 11) is 0. The third-order valence-electron chi connectivity index (χ3n) is 4.07. The Morgan fingerprint density at radius 1 is 1.18 bits per heavy atom. The lowest BCUT2D eigenvalue weighted by atomic mass is 10.2. The Kier molecular flexibility index (Phi) is 4.55.